The number of nitrogens with zero attached hydrogens (tertiary/aromatic N) is 1. The number of oxazole rings is 1. The lowest BCUT2D eigenvalue weighted by atomic mass is 10.1. The van der Waals surface area contributed by atoms with E-state index in [1.165, 1.54) is 4.88 Å². The SMILES string of the molecule is CCOS(=O)(=O)c1ccc(C)c(-c2nc(-c3cccc(-c4cccs4)c3)oc2C)c1. The van der Waals surface area contributed by atoms with Crippen molar-refractivity contribution in [1.29, 1.82) is 0 Å². The van der Waals surface area contributed by atoms with Crippen LogP contribution in [0.4, 0.5) is 0 Å². The van der Waals surface area contributed by atoms with E-state index < -0.39 is 10.1 Å². The van der Waals surface area contributed by atoms with Crippen LogP contribution in [0.5, 0.6) is 0 Å². The molecular weight excluding hydrogens is 418 g/mol. The second-order valence-electron chi connectivity index (χ2n) is 6.82. The third-order valence-corrected chi connectivity index (χ3v) is 7.03. The average Bonchev–Trinajstić information content (AvgIpc) is 3.38. The molecule has 2 aromatic carbocycles. The zero-order valence-corrected chi connectivity index (χ0v) is 18.5. The zero-order chi connectivity index (χ0) is 21.3. The fraction of sp³-hybridized carbons (Fsp3) is 0.174. The van der Waals surface area contributed by atoms with Crippen molar-refractivity contribution in [2.24, 2.45) is 0 Å². The minimum absolute atomic E-state index is 0.0826. The summed E-state index contributed by atoms with van der Waals surface area (Å²) in [6, 6.07) is 17.0. The number of aromatic nitrogens is 1. The minimum atomic E-state index is -3.80. The maximum atomic E-state index is 12.3. The summed E-state index contributed by atoms with van der Waals surface area (Å²) in [6.45, 7) is 5.47. The van der Waals surface area contributed by atoms with E-state index in [1.54, 1.807) is 36.5 Å². The monoisotopic (exact) mass is 439 g/mol. The van der Waals surface area contributed by atoms with Crippen LogP contribution >= 0.6 is 11.3 Å². The van der Waals surface area contributed by atoms with Gasteiger partial charge in [0.2, 0.25) is 5.89 Å². The Balaban J connectivity index is 1.76. The smallest absolute Gasteiger partial charge is 0.296 e. The van der Waals surface area contributed by atoms with Gasteiger partial charge in [0.05, 0.1) is 11.5 Å². The normalized spacial score (nSPS) is 11.7. The van der Waals surface area contributed by atoms with Gasteiger partial charge in [-0.2, -0.15) is 8.42 Å². The Labute approximate surface area is 180 Å². The molecule has 0 saturated carbocycles. The highest BCUT2D eigenvalue weighted by Crippen LogP contribution is 2.34. The van der Waals surface area contributed by atoms with Gasteiger partial charge in [-0.15, -0.1) is 11.3 Å². The van der Waals surface area contributed by atoms with Crippen LogP contribution in [0.25, 0.3) is 33.2 Å². The number of rotatable bonds is 6. The minimum Gasteiger partial charge on any atom is -0.441 e. The summed E-state index contributed by atoms with van der Waals surface area (Å²) in [6.07, 6.45) is 0. The Bertz CT molecular complexity index is 1290. The van der Waals surface area contributed by atoms with E-state index in [0.29, 0.717) is 22.9 Å². The standard InChI is InChI=1S/C23H21NO4S2/c1-4-27-30(25,26)19-11-10-15(2)20(14-19)22-16(3)28-23(24-22)18-8-5-7-17(13-18)21-9-6-12-29-21/h5-14H,4H2,1-3H3. The molecule has 154 valence electrons. The van der Waals surface area contributed by atoms with Crippen LogP contribution < -0.4 is 0 Å². The molecule has 7 heteroatoms. The van der Waals surface area contributed by atoms with E-state index in [2.05, 4.69) is 12.1 Å². The van der Waals surface area contributed by atoms with E-state index in [-0.39, 0.29) is 11.5 Å². The number of thiophene rings is 1. The maximum absolute atomic E-state index is 12.3. The Hall–Kier alpha value is -2.74. The van der Waals surface area contributed by atoms with E-state index in [1.807, 2.05) is 43.5 Å². The summed E-state index contributed by atoms with van der Waals surface area (Å²) in [4.78, 5) is 5.98. The second kappa shape index (κ2) is 8.18. The van der Waals surface area contributed by atoms with Crippen LogP contribution in [0.1, 0.15) is 18.2 Å². The van der Waals surface area contributed by atoms with Gasteiger partial charge in [0.1, 0.15) is 11.5 Å². The van der Waals surface area contributed by atoms with Crippen LogP contribution in [0.2, 0.25) is 0 Å². The fourth-order valence-electron chi connectivity index (χ4n) is 3.25. The molecule has 0 spiro atoms. The molecule has 0 aliphatic heterocycles. The molecule has 0 N–H and O–H groups in total. The van der Waals surface area contributed by atoms with Crippen molar-refractivity contribution in [2.75, 3.05) is 6.61 Å². The van der Waals surface area contributed by atoms with Crippen molar-refractivity contribution < 1.29 is 17.0 Å². The largest absolute Gasteiger partial charge is 0.441 e. The highest BCUT2D eigenvalue weighted by atomic mass is 32.2. The summed E-state index contributed by atoms with van der Waals surface area (Å²) in [5.74, 6) is 1.12. The highest BCUT2D eigenvalue weighted by Gasteiger charge is 2.20. The van der Waals surface area contributed by atoms with Gasteiger partial charge in [-0.05, 0) is 67.6 Å². The first-order chi connectivity index (χ1) is 14.4. The van der Waals surface area contributed by atoms with E-state index in [0.717, 1.165) is 16.7 Å². The fourth-order valence-corrected chi connectivity index (χ4v) is 4.92. The molecule has 0 bridgehead atoms. The topological polar surface area (TPSA) is 69.4 Å². The molecule has 4 rings (SSSR count). The van der Waals surface area contributed by atoms with Crippen molar-refractivity contribution in [1.82, 2.24) is 4.98 Å². The highest BCUT2D eigenvalue weighted by molar-refractivity contribution is 7.86. The summed E-state index contributed by atoms with van der Waals surface area (Å²) >= 11 is 1.68. The molecule has 0 saturated heterocycles. The Kier molecular flexibility index (Phi) is 5.60. The van der Waals surface area contributed by atoms with E-state index in [9.17, 15) is 8.42 Å². The molecule has 0 amide bonds. The van der Waals surface area contributed by atoms with Crippen LogP contribution in [-0.4, -0.2) is 20.0 Å². The number of hydrogen-bond donors (Lipinski definition) is 0. The Morgan fingerprint density at radius 3 is 2.57 bits per heavy atom. The number of hydrogen-bond acceptors (Lipinski definition) is 6. The van der Waals surface area contributed by atoms with E-state index in [4.69, 9.17) is 13.6 Å². The molecule has 0 aliphatic carbocycles. The third-order valence-electron chi connectivity index (χ3n) is 4.74. The lowest BCUT2D eigenvalue weighted by Gasteiger charge is -2.08. The molecule has 5 nitrogen and oxygen atoms in total. The first kappa shape index (κ1) is 20.5. The van der Waals surface area contributed by atoms with Crippen LogP contribution in [0.15, 0.2) is 69.3 Å². The Morgan fingerprint density at radius 1 is 1.03 bits per heavy atom. The molecular formula is C23H21NO4S2. The van der Waals surface area contributed by atoms with Crippen molar-refractivity contribution in [3.8, 4) is 33.2 Å². The van der Waals surface area contributed by atoms with Gasteiger partial charge in [-0.3, -0.25) is 4.18 Å². The quantitative estimate of drug-likeness (QED) is 0.341. The molecule has 4 aromatic rings. The third kappa shape index (κ3) is 3.96. The summed E-state index contributed by atoms with van der Waals surface area (Å²) in [7, 11) is -3.80. The van der Waals surface area contributed by atoms with Crippen molar-refractivity contribution in [3.63, 3.8) is 0 Å². The molecule has 30 heavy (non-hydrogen) atoms. The van der Waals surface area contributed by atoms with Crippen LogP contribution in [-0.2, 0) is 14.3 Å². The van der Waals surface area contributed by atoms with Crippen molar-refractivity contribution >= 4 is 21.5 Å². The zero-order valence-electron chi connectivity index (χ0n) is 16.9. The summed E-state index contributed by atoms with van der Waals surface area (Å²) in [5.41, 5.74) is 4.20. The van der Waals surface area contributed by atoms with Gasteiger partial charge in [-0.1, -0.05) is 24.3 Å². The predicted molar refractivity (Wildman–Crippen MR) is 119 cm³/mol. The molecule has 0 aliphatic rings. The molecule has 0 unspecified atom stereocenters. The molecule has 0 atom stereocenters. The van der Waals surface area contributed by atoms with Gasteiger partial charge in [0.25, 0.3) is 10.1 Å². The van der Waals surface area contributed by atoms with Gasteiger partial charge < -0.3 is 4.42 Å². The lowest BCUT2D eigenvalue weighted by Crippen LogP contribution is -2.06. The lowest BCUT2D eigenvalue weighted by molar-refractivity contribution is 0.338. The van der Waals surface area contributed by atoms with Gasteiger partial charge >= 0.3 is 0 Å². The second-order valence-corrected chi connectivity index (χ2v) is 9.38. The molecule has 0 fully saturated rings. The van der Waals surface area contributed by atoms with Crippen molar-refractivity contribution in [2.45, 2.75) is 25.7 Å². The predicted octanol–water partition coefficient (Wildman–Crippen LogP) is 6.08. The maximum Gasteiger partial charge on any atom is 0.296 e. The Morgan fingerprint density at radius 2 is 1.83 bits per heavy atom. The average molecular weight is 440 g/mol. The number of aryl methyl sites for hydroxylation is 2. The van der Waals surface area contributed by atoms with Crippen LogP contribution in [0.3, 0.4) is 0 Å². The van der Waals surface area contributed by atoms with Crippen LogP contribution in [0, 0.1) is 13.8 Å². The summed E-state index contributed by atoms with van der Waals surface area (Å²) in [5, 5.41) is 2.04. The molecule has 2 heterocycles. The molecule has 2 aromatic heterocycles. The van der Waals surface area contributed by atoms with Gasteiger partial charge in [-0.25, -0.2) is 4.98 Å². The van der Waals surface area contributed by atoms with Crippen molar-refractivity contribution in [3.05, 3.63) is 71.3 Å². The molecule has 0 radical (unpaired) electrons. The number of benzene rings is 2. The van der Waals surface area contributed by atoms with Gasteiger partial charge in [0.15, 0.2) is 0 Å². The first-order valence-electron chi connectivity index (χ1n) is 9.51. The van der Waals surface area contributed by atoms with E-state index >= 15 is 0 Å². The van der Waals surface area contributed by atoms with Gasteiger partial charge in [0, 0.05) is 16.0 Å². The summed E-state index contributed by atoms with van der Waals surface area (Å²) < 4.78 is 35.5. The first-order valence-corrected chi connectivity index (χ1v) is 11.8.